The number of fused-ring (bicyclic) bond motifs is 2. The molecule has 2 aliphatic rings. The molecule has 3 atom stereocenters. The van der Waals surface area contributed by atoms with Gasteiger partial charge in [-0.15, -0.1) is 12.4 Å². The molecular formula is C19H28BrClN2O. The van der Waals surface area contributed by atoms with E-state index in [9.17, 15) is 4.79 Å². The number of nitrogens with two attached hydrogens (primary N) is 1. The molecule has 2 bridgehead atoms. The lowest BCUT2D eigenvalue weighted by Crippen LogP contribution is -2.50. The van der Waals surface area contributed by atoms with Gasteiger partial charge in [0.1, 0.15) is 0 Å². The number of carbonyl (C=O) groups is 1. The summed E-state index contributed by atoms with van der Waals surface area (Å²) in [5.41, 5.74) is 7.57. The smallest absolute Gasteiger partial charge is 0.223 e. The Kier molecular flexibility index (Phi) is 7.14. The van der Waals surface area contributed by atoms with Crippen LogP contribution < -0.4 is 11.1 Å². The van der Waals surface area contributed by atoms with Crippen molar-refractivity contribution in [1.82, 2.24) is 5.32 Å². The summed E-state index contributed by atoms with van der Waals surface area (Å²) >= 11 is 3.58. The fourth-order valence-corrected chi connectivity index (χ4v) is 4.86. The number of halogens is 2. The molecule has 3 unspecified atom stereocenters. The van der Waals surface area contributed by atoms with Crippen LogP contribution in [0.3, 0.4) is 0 Å². The van der Waals surface area contributed by atoms with Crippen molar-refractivity contribution >= 4 is 34.2 Å². The van der Waals surface area contributed by atoms with Gasteiger partial charge in [-0.25, -0.2) is 0 Å². The molecule has 5 heteroatoms. The van der Waals surface area contributed by atoms with Gasteiger partial charge in [0, 0.05) is 22.5 Å². The van der Waals surface area contributed by atoms with Gasteiger partial charge in [-0.1, -0.05) is 40.5 Å². The predicted octanol–water partition coefficient (Wildman–Crippen LogP) is 4.07. The van der Waals surface area contributed by atoms with Crippen molar-refractivity contribution in [3.63, 3.8) is 0 Å². The van der Waals surface area contributed by atoms with Crippen molar-refractivity contribution in [3.05, 3.63) is 34.3 Å². The molecular weight excluding hydrogens is 388 g/mol. The average Bonchev–Trinajstić information content (AvgIpc) is 2.49. The number of rotatable bonds is 4. The molecule has 0 spiro atoms. The fourth-order valence-electron chi connectivity index (χ4n) is 4.41. The predicted molar refractivity (Wildman–Crippen MR) is 104 cm³/mol. The van der Waals surface area contributed by atoms with Crippen LogP contribution in [0.4, 0.5) is 0 Å². The van der Waals surface area contributed by atoms with E-state index in [1.54, 1.807) is 0 Å². The highest BCUT2D eigenvalue weighted by atomic mass is 79.9. The van der Waals surface area contributed by atoms with Gasteiger partial charge in [0.05, 0.1) is 0 Å². The number of hydrogen-bond acceptors (Lipinski definition) is 2. The van der Waals surface area contributed by atoms with Gasteiger partial charge in [0.15, 0.2) is 0 Å². The van der Waals surface area contributed by atoms with Crippen LogP contribution in [0.5, 0.6) is 0 Å². The Balaban J connectivity index is 0.00000208. The normalized spacial score (nSPS) is 30.1. The minimum Gasteiger partial charge on any atom is -0.353 e. The van der Waals surface area contributed by atoms with E-state index >= 15 is 0 Å². The molecule has 3 N–H and O–H groups in total. The van der Waals surface area contributed by atoms with Crippen LogP contribution in [0, 0.1) is 17.8 Å². The quantitative estimate of drug-likeness (QED) is 0.778. The molecule has 24 heavy (non-hydrogen) atoms. The van der Waals surface area contributed by atoms with E-state index in [4.69, 9.17) is 5.73 Å². The first kappa shape index (κ1) is 19.7. The molecule has 1 aromatic carbocycles. The van der Waals surface area contributed by atoms with Crippen LogP contribution in [-0.2, 0) is 11.2 Å². The molecule has 3 nitrogen and oxygen atoms in total. The van der Waals surface area contributed by atoms with Crippen molar-refractivity contribution in [1.29, 1.82) is 0 Å². The third kappa shape index (κ3) is 4.53. The first-order valence-electron chi connectivity index (χ1n) is 8.84. The van der Waals surface area contributed by atoms with E-state index < -0.39 is 0 Å². The van der Waals surface area contributed by atoms with Crippen LogP contribution >= 0.6 is 28.3 Å². The molecule has 0 aromatic heterocycles. The van der Waals surface area contributed by atoms with Crippen molar-refractivity contribution in [2.24, 2.45) is 23.5 Å². The molecule has 3 rings (SSSR count). The number of nitrogens with one attached hydrogen (secondary N) is 1. The Morgan fingerprint density at radius 1 is 1.29 bits per heavy atom. The lowest BCUT2D eigenvalue weighted by atomic mass is 9.65. The maximum atomic E-state index is 12.7. The molecule has 0 aliphatic heterocycles. The molecule has 134 valence electrons. The highest BCUT2D eigenvalue weighted by Gasteiger charge is 2.40. The van der Waals surface area contributed by atoms with Crippen LogP contribution in [0.25, 0.3) is 0 Å². The molecule has 2 fully saturated rings. The van der Waals surface area contributed by atoms with Gasteiger partial charge in [0.25, 0.3) is 0 Å². The van der Waals surface area contributed by atoms with E-state index in [0.29, 0.717) is 17.9 Å². The summed E-state index contributed by atoms with van der Waals surface area (Å²) in [7, 11) is 0. The summed E-state index contributed by atoms with van der Waals surface area (Å²) in [5, 5.41) is 3.23. The first-order valence-corrected chi connectivity index (χ1v) is 9.63. The minimum atomic E-state index is 0. The summed E-state index contributed by atoms with van der Waals surface area (Å²) in [6.45, 7) is 2.09. The summed E-state index contributed by atoms with van der Waals surface area (Å²) in [5.74, 6) is 1.49. The van der Waals surface area contributed by atoms with Crippen molar-refractivity contribution < 1.29 is 4.79 Å². The largest absolute Gasteiger partial charge is 0.353 e. The molecule has 1 aromatic rings. The topological polar surface area (TPSA) is 55.1 Å². The van der Waals surface area contributed by atoms with Crippen molar-refractivity contribution in [2.45, 2.75) is 57.5 Å². The van der Waals surface area contributed by atoms with E-state index in [-0.39, 0.29) is 30.3 Å². The molecule has 0 saturated heterocycles. The summed E-state index contributed by atoms with van der Waals surface area (Å²) in [4.78, 5) is 12.7. The van der Waals surface area contributed by atoms with Gasteiger partial charge in [-0.3, -0.25) is 4.79 Å². The summed E-state index contributed by atoms with van der Waals surface area (Å²) in [6, 6.07) is 8.69. The highest BCUT2D eigenvalue weighted by Crippen LogP contribution is 2.41. The molecule has 0 heterocycles. The Morgan fingerprint density at radius 3 is 2.54 bits per heavy atom. The fraction of sp³-hybridized carbons (Fsp3) is 0.632. The van der Waals surface area contributed by atoms with Gasteiger partial charge in [-0.05, 0) is 62.5 Å². The second-order valence-corrected chi connectivity index (χ2v) is 8.26. The van der Waals surface area contributed by atoms with Crippen LogP contribution in [0.2, 0.25) is 0 Å². The van der Waals surface area contributed by atoms with E-state index in [0.717, 1.165) is 23.7 Å². The lowest BCUT2D eigenvalue weighted by molar-refractivity contribution is -0.128. The zero-order chi connectivity index (χ0) is 16.4. The maximum Gasteiger partial charge on any atom is 0.223 e. The standard InChI is InChI=1S/C19H27BrN2O.ClH/c1-12(9-13-5-2-3-8-17(13)20)22-19(23)16-10-14-6-4-7-15(11-16)18(14)21;/h2-3,5,8,12,14-16,18H,4,6-7,9-11,21H2,1H3,(H,22,23);1H. The van der Waals surface area contributed by atoms with Gasteiger partial charge in [0.2, 0.25) is 5.91 Å². The SMILES string of the molecule is CC(Cc1ccccc1Br)NC(=O)C1CC2CCCC(C1)C2N.Cl. The second kappa shape index (κ2) is 8.68. The monoisotopic (exact) mass is 414 g/mol. The average molecular weight is 416 g/mol. The van der Waals surface area contributed by atoms with Crippen LogP contribution in [0.1, 0.15) is 44.6 Å². The number of benzene rings is 1. The number of hydrogen-bond donors (Lipinski definition) is 2. The number of amides is 1. The summed E-state index contributed by atoms with van der Waals surface area (Å²) in [6.07, 6.45) is 6.50. The molecule has 1 amide bonds. The van der Waals surface area contributed by atoms with Gasteiger partial charge < -0.3 is 11.1 Å². The van der Waals surface area contributed by atoms with Crippen molar-refractivity contribution in [3.8, 4) is 0 Å². The highest BCUT2D eigenvalue weighted by molar-refractivity contribution is 9.10. The third-order valence-electron chi connectivity index (χ3n) is 5.66. The Hall–Kier alpha value is -0.580. The molecule has 2 saturated carbocycles. The van der Waals surface area contributed by atoms with E-state index in [1.165, 1.54) is 24.8 Å². The zero-order valence-corrected chi connectivity index (χ0v) is 16.6. The Bertz CT molecular complexity index is 554. The Labute approximate surface area is 159 Å². The first-order chi connectivity index (χ1) is 11.0. The van der Waals surface area contributed by atoms with Crippen LogP contribution in [-0.4, -0.2) is 18.0 Å². The lowest BCUT2D eigenvalue weighted by Gasteiger charge is -2.43. The van der Waals surface area contributed by atoms with E-state index in [2.05, 4.69) is 34.2 Å². The minimum absolute atomic E-state index is 0. The zero-order valence-electron chi connectivity index (χ0n) is 14.2. The van der Waals surface area contributed by atoms with E-state index in [1.807, 2.05) is 18.2 Å². The Morgan fingerprint density at radius 2 is 1.92 bits per heavy atom. The second-order valence-electron chi connectivity index (χ2n) is 7.40. The van der Waals surface area contributed by atoms with Gasteiger partial charge in [-0.2, -0.15) is 0 Å². The van der Waals surface area contributed by atoms with Crippen molar-refractivity contribution in [2.75, 3.05) is 0 Å². The maximum absolute atomic E-state index is 12.7. The van der Waals surface area contributed by atoms with Gasteiger partial charge >= 0.3 is 0 Å². The summed E-state index contributed by atoms with van der Waals surface area (Å²) < 4.78 is 1.11. The third-order valence-corrected chi connectivity index (χ3v) is 6.43. The molecule has 2 aliphatic carbocycles. The molecule has 0 radical (unpaired) electrons. The number of carbonyl (C=O) groups excluding carboxylic acids is 1. The van der Waals surface area contributed by atoms with Crippen LogP contribution in [0.15, 0.2) is 28.7 Å².